The molecule has 0 aliphatic heterocycles. The van der Waals surface area contributed by atoms with Crippen molar-refractivity contribution in [2.75, 3.05) is 13.2 Å². The maximum atomic E-state index is 9.16. The molecule has 3 unspecified atom stereocenters. The van der Waals surface area contributed by atoms with Crippen molar-refractivity contribution < 1.29 is 10.2 Å². The highest BCUT2D eigenvalue weighted by Gasteiger charge is 2.47. The molecule has 68 valence electrons. The average Bonchev–Trinajstić information content (AvgIpc) is 2.60. The van der Waals surface area contributed by atoms with E-state index >= 15 is 0 Å². The van der Waals surface area contributed by atoms with Crippen LogP contribution >= 0.6 is 0 Å². The Balaban J connectivity index is 2.15. The van der Waals surface area contributed by atoms with Crippen molar-refractivity contribution in [2.45, 2.75) is 19.3 Å². The molecule has 1 saturated carbocycles. The maximum absolute atomic E-state index is 9.16. The molecule has 0 aromatic rings. The van der Waals surface area contributed by atoms with E-state index in [9.17, 15) is 0 Å². The smallest absolute Gasteiger partial charge is 0.0467 e. The molecule has 2 N–H and O–H groups in total. The Morgan fingerprint density at radius 3 is 2.83 bits per heavy atom. The van der Waals surface area contributed by atoms with Crippen molar-refractivity contribution in [3.63, 3.8) is 0 Å². The zero-order valence-electron chi connectivity index (χ0n) is 7.24. The molecule has 2 aliphatic rings. The van der Waals surface area contributed by atoms with Crippen LogP contribution in [-0.4, -0.2) is 23.4 Å². The molecule has 0 radical (unpaired) electrons. The summed E-state index contributed by atoms with van der Waals surface area (Å²) in [5.74, 6) is 1.08. The summed E-state index contributed by atoms with van der Waals surface area (Å²) in [6.45, 7) is 0.522. The van der Waals surface area contributed by atoms with Crippen LogP contribution in [0.25, 0.3) is 0 Å². The first kappa shape index (κ1) is 8.27. The summed E-state index contributed by atoms with van der Waals surface area (Å²) in [7, 11) is 0. The molecule has 0 amide bonds. The third-order valence-corrected chi connectivity index (χ3v) is 3.54. The first-order chi connectivity index (χ1) is 5.80. The molecule has 0 spiro atoms. The van der Waals surface area contributed by atoms with Gasteiger partial charge in [0.15, 0.2) is 0 Å². The van der Waals surface area contributed by atoms with E-state index in [1.807, 2.05) is 0 Å². The Morgan fingerprint density at radius 1 is 1.42 bits per heavy atom. The van der Waals surface area contributed by atoms with E-state index in [0.29, 0.717) is 11.8 Å². The molecule has 2 heteroatoms. The van der Waals surface area contributed by atoms with Crippen LogP contribution in [0.2, 0.25) is 0 Å². The van der Waals surface area contributed by atoms with E-state index in [0.717, 1.165) is 19.3 Å². The molecule has 0 aromatic carbocycles. The Bertz CT molecular complexity index is 200. The Labute approximate surface area is 72.9 Å². The number of hydrogen-bond donors (Lipinski definition) is 2. The van der Waals surface area contributed by atoms with Crippen molar-refractivity contribution >= 4 is 0 Å². The lowest BCUT2D eigenvalue weighted by Crippen LogP contribution is -2.26. The minimum Gasteiger partial charge on any atom is -0.396 e. The molecule has 1 fully saturated rings. The number of aliphatic hydroxyl groups is 2. The third kappa shape index (κ3) is 1.02. The van der Waals surface area contributed by atoms with Crippen LogP contribution < -0.4 is 0 Å². The Morgan fingerprint density at radius 2 is 2.25 bits per heavy atom. The molecular weight excluding hydrogens is 152 g/mol. The number of fused-ring (bicyclic) bond motifs is 2. The Hall–Kier alpha value is -0.340. The van der Waals surface area contributed by atoms with E-state index in [-0.39, 0.29) is 18.6 Å². The summed E-state index contributed by atoms with van der Waals surface area (Å²) in [5, 5.41) is 18.1. The summed E-state index contributed by atoms with van der Waals surface area (Å²) < 4.78 is 0. The van der Waals surface area contributed by atoms with E-state index in [1.165, 1.54) is 0 Å². The number of aliphatic hydroxyl groups excluding tert-OH is 2. The van der Waals surface area contributed by atoms with E-state index < -0.39 is 0 Å². The van der Waals surface area contributed by atoms with Crippen LogP contribution in [-0.2, 0) is 0 Å². The fourth-order valence-electron chi connectivity index (χ4n) is 2.87. The van der Waals surface area contributed by atoms with Gasteiger partial charge in [0.1, 0.15) is 0 Å². The van der Waals surface area contributed by atoms with Gasteiger partial charge < -0.3 is 10.2 Å². The molecule has 2 bridgehead atoms. The van der Waals surface area contributed by atoms with Crippen molar-refractivity contribution in [3.8, 4) is 0 Å². The number of rotatable bonds is 3. The zero-order chi connectivity index (χ0) is 8.60. The van der Waals surface area contributed by atoms with Crippen LogP contribution in [0.4, 0.5) is 0 Å². The third-order valence-electron chi connectivity index (χ3n) is 3.54. The van der Waals surface area contributed by atoms with Crippen LogP contribution in [0.5, 0.6) is 0 Å². The second-order valence-corrected chi connectivity index (χ2v) is 4.15. The highest BCUT2D eigenvalue weighted by atomic mass is 16.3. The molecule has 0 saturated heterocycles. The first-order valence-electron chi connectivity index (χ1n) is 4.72. The Kier molecular flexibility index (Phi) is 1.97. The van der Waals surface area contributed by atoms with Crippen molar-refractivity contribution in [1.82, 2.24) is 0 Å². The molecule has 2 nitrogen and oxygen atoms in total. The molecule has 12 heavy (non-hydrogen) atoms. The van der Waals surface area contributed by atoms with E-state index in [2.05, 4.69) is 12.2 Å². The zero-order valence-corrected chi connectivity index (χ0v) is 7.24. The largest absolute Gasteiger partial charge is 0.396 e. The SMILES string of the molecule is OCCC12C=CC(CC1CO)C2. The van der Waals surface area contributed by atoms with Gasteiger partial charge in [-0.2, -0.15) is 0 Å². The van der Waals surface area contributed by atoms with Crippen LogP contribution in [0.1, 0.15) is 19.3 Å². The summed E-state index contributed by atoms with van der Waals surface area (Å²) in [6.07, 6.45) is 7.57. The van der Waals surface area contributed by atoms with Gasteiger partial charge in [-0.15, -0.1) is 0 Å². The summed E-state index contributed by atoms with van der Waals surface area (Å²) in [6, 6.07) is 0. The van der Waals surface area contributed by atoms with Gasteiger partial charge in [-0.1, -0.05) is 12.2 Å². The van der Waals surface area contributed by atoms with Gasteiger partial charge in [0, 0.05) is 13.2 Å². The van der Waals surface area contributed by atoms with Crippen LogP contribution in [0.3, 0.4) is 0 Å². The minimum absolute atomic E-state index is 0.147. The normalized spacial score (nSPS) is 44.2. The standard InChI is InChI=1S/C10H16O2/c11-4-3-10-2-1-8(6-10)5-9(10)7-12/h1-2,8-9,11-12H,3-7H2. The predicted molar refractivity (Wildman–Crippen MR) is 46.6 cm³/mol. The second kappa shape index (κ2) is 2.86. The molecule has 0 aromatic heterocycles. The fourth-order valence-corrected chi connectivity index (χ4v) is 2.87. The molecule has 0 heterocycles. The van der Waals surface area contributed by atoms with Crippen LogP contribution in [0, 0.1) is 17.3 Å². The van der Waals surface area contributed by atoms with Crippen molar-refractivity contribution in [1.29, 1.82) is 0 Å². The molecule has 2 aliphatic carbocycles. The van der Waals surface area contributed by atoms with Crippen molar-refractivity contribution in [2.24, 2.45) is 17.3 Å². The predicted octanol–water partition coefficient (Wildman–Crippen LogP) is 0.944. The van der Waals surface area contributed by atoms with Gasteiger partial charge in [0.2, 0.25) is 0 Å². The molecule has 2 rings (SSSR count). The monoisotopic (exact) mass is 168 g/mol. The summed E-state index contributed by atoms with van der Waals surface area (Å²) >= 11 is 0. The van der Waals surface area contributed by atoms with Gasteiger partial charge in [-0.3, -0.25) is 0 Å². The van der Waals surface area contributed by atoms with Gasteiger partial charge >= 0.3 is 0 Å². The van der Waals surface area contributed by atoms with E-state index in [4.69, 9.17) is 10.2 Å². The average molecular weight is 168 g/mol. The summed E-state index contributed by atoms with van der Waals surface area (Å²) in [5.41, 5.74) is 0.147. The quantitative estimate of drug-likeness (QED) is 0.616. The lowest BCUT2D eigenvalue weighted by Gasteiger charge is -2.30. The van der Waals surface area contributed by atoms with Gasteiger partial charge in [0.25, 0.3) is 0 Å². The highest BCUT2D eigenvalue weighted by Crippen LogP contribution is 2.54. The maximum Gasteiger partial charge on any atom is 0.0467 e. The second-order valence-electron chi connectivity index (χ2n) is 4.15. The van der Waals surface area contributed by atoms with Gasteiger partial charge in [0.05, 0.1) is 0 Å². The van der Waals surface area contributed by atoms with Crippen LogP contribution in [0.15, 0.2) is 12.2 Å². The summed E-state index contributed by atoms with van der Waals surface area (Å²) in [4.78, 5) is 0. The lowest BCUT2D eigenvalue weighted by molar-refractivity contribution is 0.122. The lowest BCUT2D eigenvalue weighted by atomic mass is 9.76. The first-order valence-corrected chi connectivity index (χ1v) is 4.72. The number of hydrogen-bond acceptors (Lipinski definition) is 2. The minimum atomic E-state index is 0.147. The molecular formula is C10H16O2. The number of allylic oxidation sites excluding steroid dienone is 2. The topological polar surface area (TPSA) is 40.5 Å². The fraction of sp³-hybridized carbons (Fsp3) is 0.800. The van der Waals surface area contributed by atoms with Gasteiger partial charge in [-0.05, 0) is 36.5 Å². The van der Waals surface area contributed by atoms with Gasteiger partial charge in [-0.25, -0.2) is 0 Å². The van der Waals surface area contributed by atoms with Crippen molar-refractivity contribution in [3.05, 3.63) is 12.2 Å². The molecule has 3 atom stereocenters. The van der Waals surface area contributed by atoms with E-state index in [1.54, 1.807) is 0 Å². The highest BCUT2D eigenvalue weighted by molar-refractivity contribution is 5.18.